The molecule has 2 atom stereocenters. The van der Waals surface area contributed by atoms with Crippen LogP contribution < -0.4 is 4.57 Å². The summed E-state index contributed by atoms with van der Waals surface area (Å²) in [7, 11) is 3.16. The zero-order chi connectivity index (χ0) is 17.7. The minimum Gasteiger partial charge on any atom is -0.469 e. The van der Waals surface area contributed by atoms with Gasteiger partial charge in [0.25, 0.3) is 5.69 Å². The van der Waals surface area contributed by atoms with E-state index in [1.165, 1.54) is 7.11 Å². The van der Waals surface area contributed by atoms with Gasteiger partial charge in [-0.1, -0.05) is 30.3 Å². The van der Waals surface area contributed by atoms with Gasteiger partial charge in [-0.05, 0) is 19.4 Å². The van der Waals surface area contributed by atoms with E-state index in [1.807, 2.05) is 55.2 Å². The molecular formula is C18H23N2O4+. The van der Waals surface area contributed by atoms with Gasteiger partial charge in [-0.3, -0.25) is 4.79 Å². The number of hydrogen-bond acceptors (Lipinski definition) is 4. The molecule has 1 aromatic carbocycles. The van der Waals surface area contributed by atoms with Crippen LogP contribution in [-0.2, 0) is 21.3 Å². The van der Waals surface area contributed by atoms with Gasteiger partial charge in [0.1, 0.15) is 18.8 Å². The van der Waals surface area contributed by atoms with Gasteiger partial charge in [-0.2, -0.15) is 0 Å². The molecule has 2 unspecified atom stereocenters. The number of imidazole rings is 1. The van der Waals surface area contributed by atoms with E-state index in [1.54, 1.807) is 17.7 Å². The van der Waals surface area contributed by atoms with Crippen molar-refractivity contribution in [3.8, 4) is 0 Å². The van der Waals surface area contributed by atoms with E-state index in [9.17, 15) is 9.59 Å². The average Bonchev–Trinajstić information content (AvgIpc) is 3.00. The molecule has 0 saturated carbocycles. The highest BCUT2D eigenvalue weighted by Crippen LogP contribution is 2.19. The third-order valence-electron chi connectivity index (χ3n) is 3.89. The maximum absolute atomic E-state index is 12.4. The number of carbonyl (C=O) groups excluding carboxylic acids is 2. The fourth-order valence-electron chi connectivity index (χ4n) is 2.45. The smallest absolute Gasteiger partial charge is 0.382 e. The first kappa shape index (κ1) is 17.7. The van der Waals surface area contributed by atoms with Crippen molar-refractivity contribution in [3.63, 3.8) is 0 Å². The summed E-state index contributed by atoms with van der Waals surface area (Å²) in [4.78, 5) is 23.8. The molecule has 2 aromatic rings. The first-order valence-corrected chi connectivity index (χ1v) is 7.81. The zero-order valence-corrected chi connectivity index (χ0v) is 14.4. The molecule has 0 radical (unpaired) electrons. The second-order valence-corrected chi connectivity index (χ2v) is 5.81. The maximum Gasteiger partial charge on any atom is 0.382 e. The van der Waals surface area contributed by atoms with Crippen molar-refractivity contribution < 1.29 is 23.6 Å². The highest BCUT2D eigenvalue weighted by molar-refractivity contribution is 5.87. The molecule has 1 aromatic heterocycles. The summed E-state index contributed by atoms with van der Waals surface area (Å²) in [6.07, 6.45) is 3.56. The summed E-state index contributed by atoms with van der Waals surface area (Å²) in [5, 5.41) is 0. The van der Waals surface area contributed by atoms with Crippen molar-refractivity contribution in [1.29, 1.82) is 0 Å². The van der Waals surface area contributed by atoms with Crippen LogP contribution in [0.1, 0.15) is 35.9 Å². The van der Waals surface area contributed by atoms with E-state index in [4.69, 9.17) is 4.74 Å². The van der Waals surface area contributed by atoms with E-state index in [0.717, 1.165) is 5.56 Å². The Kier molecular flexibility index (Phi) is 5.73. The predicted molar refractivity (Wildman–Crippen MR) is 87.3 cm³/mol. The van der Waals surface area contributed by atoms with Crippen LogP contribution in [0.4, 0.5) is 0 Å². The SMILES string of the molecule is COC(=O)C(C)COC(=O)c1c[n+](C)cn1C(C)c1ccccc1. The van der Waals surface area contributed by atoms with Crippen molar-refractivity contribution in [1.82, 2.24) is 4.57 Å². The van der Waals surface area contributed by atoms with Crippen molar-refractivity contribution >= 4 is 11.9 Å². The molecule has 24 heavy (non-hydrogen) atoms. The molecule has 0 amide bonds. The molecule has 2 rings (SSSR count). The molecule has 0 N–H and O–H groups in total. The summed E-state index contributed by atoms with van der Waals surface area (Å²) < 4.78 is 13.6. The van der Waals surface area contributed by atoms with Crippen molar-refractivity contribution in [3.05, 3.63) is 54.1 Å². The first-order chi connectivity index (χ1) is 11.4. The number of aromatic nitrogens is 2. The molecule has 0 spiro atoms. The molecule has 0 fully saturated rings. The summed E-state index contributed by atoms with van der Waals surface area (Å²) >= 11 is 0. The predicted octanol–water partition coefficient (Wildman–Crippen LogP) is 1.89. The van der Waals surface area contributed by atoms with E-state index in [0.29, 0.717) is 5.69 Å². The Morgan fingerprint density at radius 3 is 2.50 bits per heavy atom. The number of methoxy groups -OCH3 is 1. The minimum atomic E-state index is -0.498. The third kappa shape index (κ3) is 4.01. The topological polar surface area (TPSA) is 61.4 Å². The second kappa shape index (κ2) is 7.77. The molecule has 128 valence electrons. The van der Waals surface area contributed by atoms with Gasteiger partial charge in [0.2, 0.25) is 6.33 Å². The van der Waals surface area contributed by atoms with E-state index >= 15 is 0 Å². The van der Waals surface area contributed by atoms with Crippen LogP contribution >= 0.6 is 0 Å². The van der Waals surface area contributed by atoms with Gasteiger partial charge in [-0.25, -0.2) is 13.9 Å². The quantitative estimate of drug-likeness (QED) is 0.599. The Morgan fingerprint density at radius 1 is 1.21 bits per heavy atom. The van der Waals surface area contributed by atoms with Gasteiger partial charge in [-0.15, -0.1) is 0 Å². The number of nitrogens with zero attached hydrogens (tertiary/aromatic N) is 2. The molecule has 0 aliphatic carbocycles. The Bertz CT molecular complexity index is 709. The lowest BCUT2D eigenvalue weighted by Crippen LogP contribution is -2.24. The summed E-state index contributed by atoms with van der Waals surface area (Å²) in [6.45, 7) is 3.66. The number of carbonyl (C=O) groups is 2. The third-order valence-corrected chi connectivity index (χ3v) is 3.89. The van der Waals surface area contributed by atoms with Crippen molar-refractivity contribution in [2.75, 3.05) is 13.7 Å². The van der Waals surface area contributed by atoms with Gasteiger partial charge in [0, 0.05) is 0 Å². The Balaban J connectivity index is 2.16. The molecule has 0 aliphatic rings. The van der Waals surface area contributed by atoms with E-state index in [-0.39, 0.29) is 12.6 Å². The van der Waals surface area contributed by atoms with Crippen LogP contribution in [0.5, 0.6) is 0 Å². The van der Waals surface area contributed by atoms with Crippen LogP contribution in [0.15, 0.2) is 42.9 Å². The summed E-state index contributed by atoms with van der Waals surface area (Å²) in [5.74, 6) is -1.36. The summed E-state index contributed by atoms with van der Waals surface area (Å²) in [5.41, 5.74) is 1.52. The minimum absolute atomic E-state index is 0.0138. The Morgan fingerprint density at radius 2 is 1.88 bits per heavy atom. The highest BCUT2D eigenvalue weighted by atomic mass is 16.5. The van der Waals surface area contributed by atoms with Crippen LogP contribution in [0.25, 0.3) is 0 Å². The molecule has 0 aliphatic heterocycles. The van der Waals surface area contributed by atoms with Crippen LogP contribution in [0.2, 0.25) is 0 Å². The normalized spacial score (nSPS) is 13.2. The highest BCUT2D eigenvalue weighted by Gasteiger charge is 2.27. The van der Waals surface area contributed by atoms with Crippen molar-refractivity contribution in [2.45, 2.75) is 19.9 Å². The molecule has 1 heterocycles. The molecule has 0 bridgehead atoms. The zero-order valence-electron chi connectivity index (χ0n) is 14.4. The van der Waals surface area contributed by atoms with Gasteiger partial charge >= 0.3 is 11.9 Å². The number of ether oxygens (including phenoxy) is 2. The van der Waals surface area contributed by atoms with Gasteiger partial charge in [0.15, 0.2) is 0 Å². The lowest BCUT2D eigenvalue weighted by Gasteiger charge is -2.12. The van der Waals surface area contributed by atoms with Gasteiger partial charge < -0.3 is 9.47 Å². The van der Waals surface area contributed by atoms with E-state index in [2.05, 4.69) is 4.74 Å². The molecule has 6 nitrogen and oxygen atoms in total. The molecule has 6 heteroatoms. The summed E-state index contributed by atoms with van der Waals surface area (Å²) in [6, 6.07) is 9.89. The maximum atomic E-state index is 12.4. The van der Waals surface area contributed by atoms with Crippen molar-refractivity contribution in [2.24, 2.45) is 13.0 Å². The number of hydrogen-bond donors (Lipinski definition) is 0. The number of benzene rings is 1. The molecular weight excluding hydrogens is 308 g/mol. The van der Waals surface area contributed by atoms with Gasteiger partial charge in [0.05, 0.1) is 20.1 Å². The average molecular weight is 331 g/mol. The largest absolute Gasteiger partial charge is 0.469 e. The lowest BCUT2D eigenvalue weighted by atomic mass is 10.1. The fourth-order valence-corrected chi connectivity index (χ4v) is 2.45. The van der Waals surface area contributed by atoms with E-state index < -0.39 is 17.9 Å². The molecule has 0 saturated heterocycles. The second-order valence-electron chi connectivity index (χ2n) is 5.81. The van der Waals surface area contributed by atoms with Crippen LogP contribution in [0.3, 0.4) is 0 Å². The number of aryl methyl sites for hydroxylation is 1. The standard InChI is InChI=1S/C18H23N2O4/c1-13(17(21)23-4)11-24-18(22)16-10-19(3)12-20(16)14(2)15-8-6-5-7-9-15/h5-10,12-14H,11H2,1-4H3/q+1. The Hall–Kier alpha value is -2.63. The Labute approximate surface area is 141 Å². The number of rotatable bonds is 6. The monoisotopic (exact) mass is 331 g/mol. The fraction of sp³-hybridized carbons (Fsp3) is 0.389. The lowest BCUT2D eigenvalue weighted by molar-refractivity contribution is -0.671. The van der Waals surface area contributed by atoms with Crippen LogP contribution in [-0.4, -0.2) is 30.2 Å². The van der Waals surface area contributed by atoms with Crippen LogP contribution in [0, 0.1) is 5.92 Å². The first-order valence-electron chi connectivity index (χ1n) is 7.81. The number of esters is 2.